The number of ether oxygens (including phenoxy) is 1. The number of nitrogens with zero attached hydrogens (tertiary/aromatic N) is 1. The number of fused-ring (bicyclic) bond motifs is 1. The average Bonchev–Trinajstić information content (AvgIpc) is 2.95. The normalized spacial score (nSPS) is 22.4. The standard InChI is InChI=1S/C17H22N2O/c18-10-14-5-3-6-15(14)11-20-12-16-9-8-13-4-1-2-7-17(13)19-16/h1-2,4,7-9,14-15H,3,5-6,10-12,18H2. The Kier molecular flexibility index (Phi) is 4.28. The fraction of sp³-hybridized carbons (Fsp3) is 0.471. The second kappa shape index (κ2) is 6.33. The van der Waals surface area contributed by atoms with E-state index in [1.54, 1.807) is 0 Å². The molecular formula is C17H22N2O. The number of hydrogen-bond donors (Lipinski definition) is 1. The van der Waals surface area contributed by atoms with Crippen molar-refractivity contribution in [1.29, 1.82) is 0 Å². The van der Waals surface area contributed by atoms with E-state index in [1.807, 2.05) is 18.2 Å². The Labute approximate surface area is 120 Å². The Morgan fingerprint density at radius 2 is 1.95 bits per heavy atom. The molecule has 0 bridgehead atoms. The molecule has 0 amide bonds. The third-order valence-electron chi connectivity index (χ3n) is 4.36. The van der Waals surface area contributed by atoms with Crippen LogP contribution in [0.3, 0.4) is 0 Å². The first-order valence-corrected chi connectivity index (χ1v) is 7.49. The summed E-state index contributed by atoms with van der Waals surface area (Å²) >= 11 is 0. The number of aromatic nitrogens is 1. The molecule has 0 aliphatic heterocycles. The highest BCUT2D eigenvalue weighted by atomic mass is 16.5. The molecule has 1 aromatic carbocycles. The third kappa shape index (κ3) is 3.00. The van der Waals surface area contributed by atoms with E-state index in [0.717, 1.165) is 24.4 Å². The fourth-order valence-corrected chi connectivity index (χ4v) is 3.15. The van der Waals surface area contributed by atoms with Crippen molar-refractivity contribution >= 4 is 10.9 Å². The molecule has 1 saturated carbocycles. The summed E-state index contributed by atoms with van der Waals surface area (Å²) in [6.45, 7) is 2.21. The van der Waals surface area contributed by atoms with Crippen LogP contribution in [-0.2, 0) is 11.3 Å². The molecule has 1 aliphatic rings. The lowest BCUT2D eigenvalue weighted by molar-refractivity contribution is 0.0736. The first kappa shape index (κ1) is 13.5. The van der Waals surface area contributed by atoms with Crippen molar-refractivity contribution in [3.05, 3.63) is 42.1 Å². The van der Waals surface area contributed by atoms with Crippen molar-refractivity contribution in [1.82, 2.24) is 4.98 Å². The third-order valence-corrected chi connectivity index (χ3v) is 4.36. The predicted molar refractivity (Wildman–Crippen MR) is 81.3 cm³/mol. The molecule has 2 unspecified atom stereocenters. The minimum atomic E-state index is 0.596. The van der Waals surface area contributed by atoms with Crippen LogP contribution in [0.4, 0.5) is 0 Å². The van der Waals surface area contributed by atoms with Crippen LogP contribution in [0.2, 0.25) is 0 Å². The van der Waals surface area contributed by atoms with Gasteiger partial charge in [-0.15, -0.1) is 0 Å². The molecule has 1 aromatic heterocycles. The van der Waals surface area contributed by atoms with Crippen molar-refractivity contribution in [3.8, 4) is 0 Å². The first-order valence-electron chi connectivity index (χ1n) is 7.49. The summed E-state index contributed by atoms with van der Waals surface area (Å²) in [6.07, 6.45) is 3.82. The predicted octanol–water partition coefficient (Wildman–Crippen LogP) is 3.13. The zero-order valence-electron chi connectivity index (χ0n) is 11.8. The zero-order valence-corrected chi connectivity index (χ0v) is 11.8. The van der Waals surface area contributed by atoms with Gasteiger partial charge in [-0.05, 0) is 43.4 Å². The highest BCUT2D eigenvalue weighted by Gasteiger charge is 2.25. The van der Waals surface area contributed by atoms with Gasteiger partial charge in [0.15, 0.2) is 0 Å². The lowest BCUT2D eigenvalue weighted by Crippen LogP contribution is -2.22. The monoisotopic (exact) mass is 270 g/mol. The highest BCUT2D eigenvalue weighted by Crippen LogP contribution is 2.31. The maximum Gasteiger partial charge on any atom is 0.0888 e. The van der Waals surface area contributed by atoms with E-state index in [9.17, 15) is 0 Å². The number of nitrogens with two attached hydrogens (primary N) is 1. The van der Waals surface area contributed by atoms with Gasteiger partial charge in [0.25, 0.3) is 0 Å². The van der Waals surface area contributed by atoms with Crippen LogP contribution < -0.4 is 5.73 Å². The van der Waals surface area contributed by atoms with Crippen LogP contribution in [0.5, 0.6) is 0 Å². The SMILES string of the molecule is NCC1CCCC1COCc1ccc2ccccc2n1. The van der Waals surface area contributed by atoms with E-state index in [1.165, 1.54) is 24.6 Å². The van der Waals surface area contributed by atoms with Crippen LogP contribution in [0.25, 0.3) is 10.9 Å². The summed E-state index contributed by atoms with van der Waals surface area (Å²) in [5, 5.41) is 1.18. The Bertz CT molecular complexity index is 570. The van der Waals surface area contributed by atoms with E-state index in [-0.39, 0.29) is 0 Å². The molecule has 0 saturated heterocycles. The summed E-state index contributed by atoms with van der Waals surface area (Å²) in [4.78, 5) is 4.63. The molecule has 2 N–H and O–H groups in total. The molecule has 1 fully saturated rings. The number of para-hydroxylation sites is 1. The van der Waals surface area contributed by atoms with Gasteiger partial charge in [0, 0.05) is 5.39 Å². The number of hydrogen-bond acceptors (Lipinski definition) is 3. The molecule has 0 spiro atoms. The van der Waals surface area contributed by atoms with Gasteiger partial charge < -0.3 is 10.5 Å². The largest absolute Gasteiger partial charge is 0.375 e. The minimum Gasteiger partial charge on any atom is -0.375 e. The summed E-state index contributed by atoms with van der Waals surface area (Å²) in [5.41, 5.74) is 7.84. The van der Waals surface area contributed by atoms with Crippen molar-refractivity contribution in [2.75, 3.05) is 13.2 Å². The molecule has 3 nitrogen and oxygen atoms in total. The van der Waals surface area contributed by atoms with Crippen molar-refractivity contribution in [2.45, 2.75) is 25.9 Å². The fourth-order valence-electron chi connectivity index (χ4n) is 3.15. The summed E-state index contributed by atoms with van der Waals surface area (Å²) in [5.74, 6) is 1.29. The molecule has 1 aliphatic carbocycles. The maximum absolute atomic E-state index is 5.87. The number of pyridine rings is 1. The van der Waals surface area contributed by atoms with Gasteiger partial charge in [-0.25, -0.2) is 0 Å². The van der Waals surface area contributed by atoms with E-state index in [0.29, 0.717) is 18.4 Å². The number of benzene rings is 1. The number of rotatable bonds is 5. The van der Waals surface area contributed by atoms with Gasteiger partial charge in [-0.3, -0.25) is 4.98 Å². The molecular weight excluding hydrogens is 248 g/mol. The van der Waals surface area contributed by atoms with Gasteiger partial charge in [0.2, 0.25) is 0 Å². The molecule has 2 atom stereocenters. The van der Waals surface area contributed by atoms with Gasteiger partial charge in [-0.1, -0.05) is 30.7 Å². The Balaban J connectivity index is 1.57. The van der Waals surface area contributed by atoms with Crippen molar-refractivity contribution < 1.29 is 4.74 Å². The second-order valence-corrected chi connectivity index (χ2v) is 5.70. The van der Waals surface area contributed by atoms with Gasteiger partial charge in [0.05, 0.1) is 24.4 Å². The lowest BCUT2D eigenvalue weighted by atomic mass is 9.97. The molecule has 1 heterocycles. The average molecular weight is 270 g/mol. The van der Waals surface area contributed by atoms with E-state index >= 15 is 0 Å². The first-order chi connectivity index (χ1) is 9.86. The van der Waals surface area contributed by atoms with E-state index in [4.69, 9.17) is 10.5 Å². The Morgan fingerprint density at radius 1 is 1.10 bits per heavy atom. The van der Waals surface area contributed by atoms with Crippen LogP contribution in [-0.4, -0.2) is 18.1 Å². The molecule has 20 heavy (non-hydrogen) atoms. The lowest BCUT2D eigenvalue weighted by Gasteiger charge is -2.17. The highest BCUT2D eigenvalue weighted by molar-refractivity contribution is 5.78. The smallest absolute Gasteiger partial charge is 0.0888 e. The minimum absolute atomic E-state index is 0.596. The summed E-state index contributed by atoms with van der Waals surface area (Å²) < 4.78 is 5.87. The van der Waals surface area contributed by atoms with Gasteiger partial charge in [0.1, 0.15) is 0 Å². The zero-order chi connectivity index (χ0) is 13.8. The summed E-state index contributed by atoms with van der Waals surface area (Å²) in [6, 6.07) is 12.3. The van der Waals surface area contributed by atoms with Crippen LogP contribution in [0, 0.1) is 11.8 Å². The van der Waals surface area contributed by atoms with Crippen molar-refractivity contribution in [2.24, 2.45) is 17.6 Å². The van der Waals surface area contributed by atoms with Crippen LogP contribution >= 0.6 is 0 Å². The Hall–Kier alpha value is -1.45. The van der Waals surface area contributed by atoms with Crippen LogP contribution in [0.15, 0.2) is 36.4 Å². The topological polar surface area (TPSA) is 48.1 Å². The van der Waals surface area contributed by atoms with E-state index in [2.05, 4.69) is 23.2 Å². The van der Waals surface area contributed by atoms with Gasteiger partial charge >= 0.3 is 0 Å². The molecule has 106 valence electrons. The molecule has 3 rings (SSSR count). The second-order valence-electron chi connectivity index (χ2n) is 5.70. The Morgan fingerprint density at radius 3 is 2.85 bits per heavy atom. The van der Waals surface area contributed by atoms with Gasteiger partial charge in [-0.2, -0.15) is 0 Å². The summed E-state index contributed by atoms with van der Waals surface area (Å²) in [7, 11) is 0. The van der Waals surface area contributed by atoms with Crippen LogP contribution in [0.1, 0.15) is 25.0 Å². The maximum atomic E-state index is 5.87. The van der Waals surface area contributed by atoms with Crippen molar-refractivity contribution in [3.63, 3.8) is 0 Å². The molecule has 2 aromatic rings. The molecule has 3 heteroatoms. The quantitative estimate of drug-likeness (QED) is 0.908. The molecule has 0 radical (unpaired) electrons. The van der Waals surface area contributed by atoms with E-state index < -0.39 is 0 Å².